The van der Waals surface area contributed by atoms with E-state index in [0.29, 0.717) is 87.0 Å². The fourth-order valence-corrected chi connectivity index (χ4v) is 6.01. The van der Waals surface area contributed by atoms with Crippen LogP contribution in [0.1, 0.15) is 11.1 Å². The predicted octanol–water partition coefficient (Wildman–Crippen LogP) is 1.03. The summed E-state index contributed by atoms with van der Waals surface area (Å²) in [5, 5.41) is 5.96. The zero-order chi connectivity index (χ0) is 33.6. The molecule has 252 valence electrons. The molecule has 2 aromatic carbocycles. The van der Waals surface area contributed by atoms with Gasteiger partial charge in [-0.2, -0.15) is 29.9 Å². The second-order valence-electron chi connectivity index (χ2n) is 10.4. The van der Waals surface area contributed by atoms with Crippen molar-refractivity contribution in [3.05, 3.63) is 47.5 Å². The van der Waals surface area contributed by atoms with Gasteiger partial charge in [0.25, 0.3) is 0 Å². The van der Waals surface area contributed by atoms with E-state index in [1.165, 1.54) is 24.3 Å². The number of nitrogens with zero attached hydrogens (tertiary/aromatic N) is 8. The number of benzene rings is 2. The highest BCUT2D eigenvalue weighted by atomic mass is 32.2. The highest BCUT2D eigenvalue weighted by Crippen LogP contribution is 2.27. The maximum absolute atomic E-state index is 12.2. The summed E-state index contributed by atoms with van der Waals surface area (Å²) in [7, 11) is 0. The summed E-state index contributed by atoms with van der Waals surface area (Å²) < 4.78 is 59.6. The molecule has 48 heavy (non-hydrogen) atoms. The molecular formula is C28H30N12O6S2-2. The molecule has 6 rings (SSSR count). The number of hydrogen-bond acceptors (Lipinski definition) is 18. The van der Waals surface area contributed by atoms with Crippen LogP contribution in [0.2, 0.25) is 0 Å². The first-order valence-corrected chi connectivity index (χ1v) is 16.7. The molecule has 4 heterocycles. The van der Waals surface area contributed by atoms with E-state index in [4.69, 9.17) is 20.9 Å². The molecule has 0 saturated carbocycles. The Hall–Kier alpha value is -4.86. The smallest absolute Gasteiger partial charge is 0.233 e. The molecule has 0 bridgehead atoms. The lowest BCUT2D eigenvalue weighted by Gasteiger charge is -2.26. The Labute approximate surface area is 279 Å². The van der Waals surface area contributed by atoms with Gasteiger partial charge in [-0.15, -0.1) is 0 Å². The van der Waals surface area contributed by atoms with Gasteiger partial charge in [0.15, 0.2) is 0 Å². The van der Waals surface area contributed by atoms with Crippen LogP contribution >= 0.6 is 0 Å². The van der Waals surface area contributed by atoms with Crippen LogP contribution < -0.4 is 31.9 Å². The number of nitrogens with one attached hydrogen (secondary N) is 2. The van der Waals surface area contributed by atoms with Gasteiger partial charge >= 0.3 is 0 Å². The average Bonchev–Trinajstić information content (AvgIpc) is 3.08. The van der Waals surface area contributed by atoms with E-state index < -0.39 is 22.2 Å². The Morgan fingerprint density at radius 1 is 0.646 bits per heavy atom. The Morgan fingerprint density at radius 2 is 1.04 bits per heavy atom. The number of aromatic nitrogens is 6. The van der Waals surface area contributed by atoms with Crippen molar-refractivity contribution in [2.75, 3.05) is 84.5 Å². The minimum atomic E-state index is -2.64. The molecule has 0 amide bonds. The van der Waals surface area contributed by atoms with Crippen molar-refractivity contribution < 1.29 is 27.0 Å². The van der Waals surface area contributed by atoms with Crippen molar-refractivity contribution in [2.24, 2.45) is 0 Å². The van der Waals surface area contributed by atoms with E-state index in [0.717, 1.165) is 0 Å². The van der Waals surface area contributed by atoms with Crippen LogP contribution in [0.4, 0.5) is 47.1 Å². The van der Waals surface area contributed by atoms with E-state index >= 15 is 0 Å². The van der Waals surface area contributed by atoms with Gasteiger partial charge in [0.1, 0.15) is 0 Å². The SMILES string of the molecule is Nc1nc(Nc2ccc(/C=C/c3ccc(Nc4nc(N)nc(N5CCOCC5)n4)cc3S(=O)[O-])c(S(=O)[O-])c2)nc(N2CCOCC2)n1. The fourth-order valence-electron chi connectivity index (χ4n) is 4.91. The van der Waals surface area contributed by atoms with Crippen LogP contribution in [0.5, 0.6) is 0 Å². The minimum Gasteiger partial charge on any atom is -0.768 e. The second-order valence-corrected chi connectivity index (χ2v) is 12.2. The standard InChI is InChI=1S/C28H32N12O6S2/c29-23-33-25(37-27(35-23)39-7-11-45-12-8-39)31-19-5-3-17(21(15-19)47(41)42)1-2-18-4-6-20(16-22(18)48(43)44)32-26-34-24(30)36-28(38-26)40-9-13-46-14-10-40/h1-6,15-16H,7-14H2,(H,41,42)(H,43,44)(H3,29,31,33,35,37)(H3,30,32,34,36,38)/p-2/b2-1+. The molecule has 6 N–H and O–H groups in total. The van der Waals surface area contributed by atoms with Crippen LogP contribution in [0.25, 0.3) is 12.2 Å². The molecular weight excluding hydrogens is 665 g/mol. The van der Waals surface area contributed by atoms with Gasteiger partial charge in [-0.1, -0.05) is 24.3 Å². The Kier molecular flexibility index (Phi) is 10.3. The van der Waals surface area contributed by atoms with Gasteiger partial charge in [-0.3, -0.25) is 8.42 Å². The van der Waals surface area contributed by atoms with Crippen LogP contribution in [0.3, 0.4) is 0 Å². The summed E-state index contributed by atoms with van der Waals surface area (Å²) in [4.78, 5) is 29.2. The third-order valence-electron chi connectivity index (χ3n) is 7.21. The molecule has 2 aliphatic heterocycles. The lowest BCUT2D eigenvalue weighted by atomic mass is 10.1. The number of nitrogens with two attached hydrogens (primary N) is 2. The number of ether oxygens (including phenoxy) is 2. The Morgan fingerprint density at radius 3 is 1.42 bits per heavy atom. The summed E-state index contributed by atoms with van der Waals surface area (Å²) in [5.41, 5.74) is 13.2. The van der Waals surface area contributed by atoms with Crippen molar-refractivity contribution in [3.8, 4) is 0 Å². The Bertz CT molecular complexity index is 1740. The maximum Gasteiger partial charge on any atom is 0.233 e. The van der Waals surface area contributed by atoms with Crippen LogP contribution in [0.15, 0.2) is 46.2 Å². The van der Waals surface area contributed by atoms with E-state index in [1.54, 1.807) is 24.3 Å². The van der Waals surface area contributed by atoms with E-state index in [-0.39, 0.29) is 33.6 Å². The molecule has 18 nitrogen and oxygen atoms in total. The highest BCUT2D eigenvalue weighted by Gasteiger charge is 2.18. The largest absolute Gasteiger partial charge is 0.768 e. The number of nitrogen functional groups attached to an aromatic ring is 2. The maximum atomic E-state index is 12.2. The summed E-state index contributed by atoms with van der Waals surface area (Å²) >= 11 is -5.28. The summed E-state index contributed by atoms with van der Waals surface area (Å²) in [6.07, 6.45) is 3.01. The predicted molar refractivity (Wildman–Crippen MR) is 177 cm³/mol. The topological polar surface area (TPSA) is 259 Å². The van der Waals surface area contributed by atoms with Crippen molar-refractivity contribution >= 4 is 81.4 Å². The van der Waals surface area contributed by atoms with E-state index in [1.807, 2.05) is 9.80 Å². The highest BCUT2D eigenvalue weighted by molar-refractivity contribution is 7.79. The summed E-state index contributed by atoms with van der Waals surface area (Å²) in [6, 6.07) is 9.22. The molecule has 2 unspecified atom stereocenters. The first-order valence-electron chi connectivity index (χ1n) is 14.6. The lowest BCUT2D eigenvalue weighted by Crippen LogP contribution is -2.37. The van der Waals surface area contributed by atoms with Gasteiger partial charge in [-0.25, -0.2) is 0 Å². The molecule has 2 aromatic heterocycles. The second kappa shape index (κ2) is 14.9. The number of hydrogen-bond donors (Lipinski definition) is 4. The first-order chi connectivity index (χ1) is 23.2. The third-order valence-corrected chi connectivity index (χ3v) is 8.64. The summed E-state index contributed by atoms with van der Waals surface area (Å²) in [6.45, 7) is 4.49. The molecule has 0 radical (unpaired) electrons. The van der Waals surface area contributed by atoms with Crippen molar-refractivity contribution in [3.63, 3.8) is 0 Å². The average molecular weight is 695 g/mol. The van der Waals surface area contributed by atoms with E-state index in [9.17, 15) is 17.5 Å². The zero-order valence-corrected chi connectivity index (χ0v) is 26.9. The molecule has 4 aromatic rings. The van der Waals surface area contributed by atoms with Gasteiger partial charge in [0, 0.05) is 47.3 Å². The zero-order valence-electron chi connectivity index (χ0n) is 25.3. The van der Waals surface area contributed by atoms with Crippen molar-refractivity contribution in [1.29, 1.82) is 0 Å². The van der Waals surface area contributed by atoms with Crippen molar-refractivity contribution in [2.45, 2.75) is 9.79 Å². The molecule has 0 aliphatic carbocycles. The monoisotopic (exact) mass is 694 g/mol. The van der Waals surface area contributed by atoms with Gasteiger partial charge < -0.3 is 50.5 Å². The minimum absolute atomic E-state index is 0.00382. The quantitative estimate of drug-likeness (QED) is 0.133. The molecule has 2 fully saturated rings. The Balaban J connectivity index is 1.21. The molecule has 2 saturated heterocycles. The first kappa shape index (κ1) is 33.1. The molecule has 0 spiro atoms. The lowest BCUT2D eigenvalue weighted by molar-refractivity contribution is 0.122. The van der Waals surface area contributed by atoms with E-state index in [2.05, 4.69) is 40.5 Å². The van der Waals surface area contributed by atoms with Gasteiger partial charge in [-0.05, 0) is 57.6 Å². The summed E-state index contributed by atoms with van der Waals surface area (Å²) in [5.74, 6) is 1.05. The normalized spacial score (nSPS) is 16.5. The molecule has 20 heteroatoms. The van der Waals surface area contributed by atoms with Crippen LogP contribution in [0, 0.1) is 0 Å². The van der Waals surface area contributed by atoms with Crippen LogP contribution in [-0.4, -0.2) is 100 Å². The van der Waals surface area contributed by atoms with Gasteiger partial charge in [0.2, 0.25) is 35.7 Å². The number of anilines is 8. The van der Waals surface area contributed by atoms with Crippen molar-refractivity contribution in [1.82, 2.24) is 29.9 Å². The van der Waals surface area contributed by atoms with Crippen LogP contribution in [-0.2, 0) is 31.6 Å². The molecule has 2 aliphatic rings. The molecule has 2 atom stereocenters. The fraction of sp³-hybridized carbons (Fsp3) is 0.286. The van der Waals surface area contributed by atoms with Gasteiger partial charge in [0.05, 0.1) is 26.4 Å². The number of morpholine rings is 2. The third kappa shape index (κ3) is 8.16. The number of rotatable bonds is 10.